The molecule has 0 bridgehead atoms. The molecule has 0 aromatic carbocycles. The third-order valence-corrected chi connectivity index (χ3v) is 13.5. The van der Waals surface area contributed by atoms with Gasteiger partial charge in [-0.25, -0.2) is 0 Å². The third-order valence-electron chi connectivity index (χ3n) is 0.167. The molecule has 0 radical (unpaired) electrons. The summed E-state index contributed by atoms with van der Waals surface area (Å²) < 4.78 is 0. The Bertz CT molecular complexity index is 33.3. The van der Waals surface area contributed by atoms with E-state index < -0.39 is 0 Å². The summed E-state index contributed by atoms with van der Waals surface area (Å²) in [6.45, 7) is 0. The minimum absolute atomic E-state index is 1.35. The zero-order chi connectivity index (χ0) is 6.95. The van der Waals surface area contributed by atoms with E-state index in [1.807, 2.05) is 0 Å². The summed E-state index contributed by atoms with van der Waals surface area (Å²) in [4.78, 5) is 0. The van der Waals surface area contributed by atoms with Crippen LogP contribution in [0.15, 0.2) is 0 Å². The molecule has 0 aromatic heterocycles. The first-order valence-corrected chi connectivity index (χ1v) is 12.0. The summed E-state index contributed by atoms with van der Waals surface area (Å²) >= 11 is 9.27. The maximum absolute atomic E-state index is 4.63. The van der Waals surface area contributed by atoms with Crippen molar-refractivity contribution >= 4 is 92.1 Å². The van der Waals surface area contributed by atoms with Crippen LogP contribution >= 0.6 is 68.8 Å². The maximum atomic E-state index is 4.63. The van der Waals surface area contributed by atoms with Crippen LogP contribution in [-0.2, 0) is 23.3 Å². The molecule has 0 aliphatic carbocycles. The van der Waals surface area contributed by atoms with Crippen molar-refractivity contribution in [2.24, 2.45) is 0 Å². The van der Waals surface area contributed by atoms with Gasteiger partial charge in [-0.15, -0.1) is 0 Å². The van der Waals surface area contributed by atoms with Crippen LogP contribution in [0.4, 0.5) is 0 Å². The molecule has 0 saturated heterocycles. The molecule has 0 rings (SSSR count). The van der Waals surface area contributed by atoms with Gasteiger partial charge in [-0.2, -0.15) is 0 Å². The normalized spacial score (nSPS) is 10.0. The van der Waals surface area contributed by atoms with E-state index >= 15 is 0 Å². The van der Waals surface area contributed by atoms with Crippen molar-refractivity contribution in [3.63, 3.8) is 0 Å². The Labute approximate surface area is 90.7 Å². The highest BCUT2D eigenvalue weighted by Crippen LogP contribution is 2.54. The lowest BCUT2D eigenvalue weighted by Crippen LogP contribution is -1.30. The van der Waals surface area contributed by atoms with Gasteiger partial charge >= 0.3 is 0 Å². The number of hydrogen-bond donors (Lipinski definition) is 0. The van der Waals surface area contributed by atoms with Gasteiger partial charge in [0.15, 0.2) is 0 Å². The monoisotopic (exact) mass is 288 g/mol. The molecule has 0 nitrogen and oxygen atoms in total. The Morgan fingerprint density at radius 1 is 0.556 bits per heavy atom. The van der Waals surface area contributed by atoms with Crippen molar-refractivity contribution in [2.45, 2.75) is 0 Å². The van der Waals surface area contributed by atoms with Crippen molar-refractivity contribution in [3.8, 4) is 0 Å². The summed E-state index contributed by atoms with van der Waals surface area (Å²) in [7, 11) is 10.9. The SMILES string of the molecule is [S-]SSSSSSS[S-]. The van der Waals surface area contributed by atoms with Gasteiger partial charge < -0.3 is 23.3 Å². The standard InChI is InChI=1S/H2S9/c1-3-5-7-9-8-6-4-2/h1-2H/p-2. The van der Waals surface area contributed by atoms with Gasteiger partial charge in [0.05, 0.1) is 0 Å². The fraction of sp³-hybridized carbons (Fsp3) is 0. The molecule has 9 heavy (non-hydrogen) atoms. The topological polar surface area (TPSA) is 0 Å². The summed E-state index contributed by atoms with van der Waals surface area (Å²) in [5, 5.41) is 0. The molecule has 0 saturated carbocycles. The lowest BCUT2D eigenvalue weighted by atomic mass is 30.2. The minimum atomic E-state index is 1.35. The van der Waals surface area contributed by atoms with Crippen molar-refractivity contribution < 1.29 is 0 Å². The Balaban J connectivity index is 2.60. The van der Waals surface area contributed by atoms with E-state index in [0.29, 0.717) is 0 Å². The van der Waals surface area contributed by atoms with Crippen LogP contribution in [0.25, 0.3) is 0 Å². The molecule has 0 aliphatic rings. The van der Waals surface area contributed by atoms with E-state index in [4.69, 9.17) is 0 Å². The van der Waals surface area contributed by atoms with Gasteiger partial charge in [0, 0.05) is 0 Å². The predicted molar refractivity (Wildman–Crippen MR) is 67.9 cm³/mol. The molecule has 9 heteroatoms. The van der Waals surface area contributed by atoms with Crippen LogP contribution in [-0.4, -0.2) is 0 Å². The maximum Gasteiger partial charge on any atom is -0.000175 e. The van der Waals surface area contributed by atoms with Crippen molar-refractivity contribution in [1.29, 1.82) is 0 Å². The van der Waals surface area contributed by atoms with Crippen LogP contribution in [0.2, 0.25) is 0 Å². The highest BCUT2D eigenvalue weighted by Gasteiger charge is 1.85. The van der Waals surface area contributed by atoms with E-state index in [2.05, 4.69) is 23.3 Å². The Kier molecular flexibility index (Phi) is 15.1. The first kappa shape index (κ1) is 12.2. The number of hydrogen-bond acceptors (Lipinski definition) is 9. The molecule has 0 N–H and O–H groups in total. The van der Waals surface area contributed by atoms with Gasteiger partial charge in [0.25, 0.3) is 0 Å². The second kappa shape index (κ2) is 11.2. The average molecular weight is 289 g/mol. The van der Waals surface area contributed by atoms with Crippen molar-refractivity contribution in [2.75, 3.05) is 0 Å². The van der Waals surface area contributed by atoms with Gasteiger partial charge in [-0.05, 0) is 49.1 Å². The molecule has 0 amide bonds. The summed E-state index contributed by atoms with van der Waals surface area (Å²) in [5.74, 6) is 0. The van der Waals surface area contributed by atoms with E-state index in [9.17, 15) is 0 Å². The molecular formula is S9-2. The smallest absolute Gasteiger partial charge is 0.000175 e. The third kappa shape index (κ3) is 11.1. The Morgan fingerprint density at radius 3 is 1.22 bits per heavy atom. The molecule has 0 spiro atoms. The molecule has 0 unspecified atom stereocenters. The average Bonchev–Trinajstić information content (AvgIpc) is 1.89. The van der Waals surface area contributed by atoms with Crippen LogP contribution in [0.1, 0.15) is 0 Å². The zero-order valence-electron chi connectivity index (χ0n) is 3.67. The lowest BCUT2D eigenvalue weighted by molar-refractivity contribution is 5.68. The molecule has 56 valence electrons. The van der Waals surface area contributed by atoms with Crippen LogP contribution in [0, 0.1) is 0 Å². The van der Waals surface area contributed by atoms with Crippen LogP contribution < -0.4 is 0 Å². The minimum Gasteiger partial charge on any atom is -0.706 e. The quantitative estimate of drug-likeness (QED) is 0.389. The van der Waals surface area contributed by atoms with Gasteiger partial charge in [0.1, 0.15) is 0 Å². The summed E-state index contributed by atoms with van der Waals surface area (Å²) in [6.07, 6.45) is 0. The number of rotatable bonds is 6. The second-order valence-corrected chi connectivity index (χ2v) is 12.9. The van der Waals surface area contributed by atoms with Crippen molar-refractivity contribution in [1.82, 2.24) is 0 Å². The van der Waals surface area contributed by atoms with Crippen LogP contribution in [0.5, 0.6) is 0 Å². The fourth-order valence-corrected chi connectivity index (χ4v) is 13.8. The van der Waals surface area contributed by atoms with E-state index in [-0.39, 0.29) is 0 Å². The van der Waals surface area contributed by atoms with E-state index in [0.717, 1.165) is 0 Å². The molecule has 0 aromatic rings. The van der Waals surface area contributed by atoms with Gasteiger partial charge in [0.2, 0.25) is 0 Å². The highest BCUT2D eigenvalue weighted by molar-refractivity contribution is 9.49. The predicted octanol–water partition coefficient (Wildman–Crippen LogP) is 4.53. The molecule has 0 aliphatic heterocycles. The highest BCUT2D eigenvalue weighted by atomic mass is 34.0. The first-order valence-electron chi connectivity index (χ1n) is 1.33. The first-order chi connectivity index (χ1) is 4.41. The molecule has 0 heterocycles. The zero-order valence-corrected chi connectivity index (χ0v) is 11.0. The Hall–Kier alpha value is 3.15. The largest absolute Gasteiger partial charge is 0.706 e. The summed E-state index contributed by atoms with van der Waals surface area (Å²) in [6, 6.07) is 0. The molecular weight excluding hydrogens is 289 g/mol. The molecule has 0 fully saturated rings. The van der Waals surface area contributed by atoms with Crippen molar-refractivity contribution in [3.05, 3.63) is 0 Å². The summed E-state index contributed by atoms with van der Waals surface area (Å²) in [5.41, 5.74) is 0. The lowest BCUT2D eigenvalue weighted by Gasteiger charge is -2.02. The fourth-order valence-electron chi connectivity index (χ4n) is 0.0567. The van der Waals surface area contributed by atoms with Gasteiger partial charge in [-0.1, -0.05) is 0 Å². The van der Waals surface area contributed by atoms with E-state index in [1.54, 1.807) is 49.1 Å². The molecule has 0 atom stereocenters. The Morgan fingerprint density at radius 2 is 0.889 bits per heavy atom. The van der Waals surface area contributed by atoms with E-state index in [1.165, 1.54) is 19.7 Å². The van der Waals surface area contributed by atoms with Crippen LogP contribution in [0.3, 0.4) is 0 Å². The van der Waals surface area contributed by atoms with Gasteiger partial charge in [-0.3, -0.25) is 19.7 Å². The second-order valence-electron chi connectivity index (χ2n) is 0.476.